The van der Waals surface area contributed by atoms with Gasteiger partial charge in [0.05, 0.1) is 18.9 Å². The van der Waals surface area contributed by atoms with Crippen molar-refractivity contribution in [3.8, 4) is 5.69 Å². The van der Waals surface area contributed by atoms with E-state index in [4.69, 9.17) is 36.1 Å². The molecule has 3 N–H and O–H groups in total. The molecule has 0 aliphatic carbocycles. The van der Waals surface area contributed by atoms with Crippen LogP contribution in [-0.2, 0) is 14.3 Å². The number of ether oxygens (including phenoxy) is 1. The molecule has 1 aliphatic heterocycles. The Morgan fingerprint density at radius 2 is 1.89 bits per heavy atom. The van der Waals surface area contributed by atoms with Crippen molar-refractivity contribution < 1.29 is 24.5 Å². The fourth-order valence-corrected chi connectivity index (χ4v) is 2.53. The Morgan fingerprint density at radius 3 is 2.52 bits per heavy atom. The van der Waals surface area contributed by atoms with Gasteiger partial charge in [-0.05, 0) is 18.2 Å². The highest BCUT2D eigenvalue weighted by atomic mass is 35.5. The Balaban J connectivity index is 0.000000380. The Morgan fingerprint density at radius 1 is 1.19 bits per heavy atom. The zero-order chi connectivity index (χ0) is 19.6. The quantitative estimate of drug-likeness (QED) is 0.650. The topological polar surface area (TPSA) is 117 Å². The number of aliphatic carboxylic acids is 2. The minimum absolute atomic E-state index is 0.713. The summed E-state index contributed by atoms with van der Waals surface area (Å²) < 4.78 is 7.16. The summed E-state index contributed by atoms with van der Waals surface area (Å²) in [6, 6.07) is 9.63. The van der Waals surface area contributed by atoms with Gasteiger partial charge in [-0.15, -0.1) is 0 Å². The molecule has 0 saturated carbocycles. The third-order valence-electron chi connectivity index (χ3n) is 3.68. The summed E-state index contributed by atoms with van der Waals surface area (Å²) in [5, 5.41) is 23.4. The number of carboxylic acid groups (broad SMARTS) is 2. The van der Waals surface area contributed by atoms with Crippen molar-refractivity contribution in [1.82, 2.24) is 14.7 Å². The second-order valence-electron chi connectivity index (χ2n) is 5.62. The number of nitrogens with one attached hydrogen (secondary N) is 1. The van der Waals surface area contributed by atoms with Gasteiger partial charge in [0.25, 0.3) is 0 Å². The second kappa shape index (κ2) is 10.5. The van der Waals surface area contributed by atoms with Crippen LogP contribution >= 0.6 is 11.6 Å². The van der Waals surface area contributed by atoms with E-state index in [1.165, 1.54) is 0 Å². The van der Waals surface area contributed by atoms with E-state index in [-0.39, 0.29) is 0 Å². The average molecular weight is 397 g/mol. The summed E-state index contributed by atoms with van der Waals surface area (Å²) in [6.07, 6.45) is 1.93. The van der Waals surface area contributed by atoms with Crippen molar-refractivity contribution in [1.29, 1.82) is 0 Å². The molecule has 0 atom stereocenters. The first-order valence-electron chi connectivity index (χ1n) is 8.27. The predicted molar refractivity (Wildman–Crippen MR) is 99.6 cm³/mol. The van der Waals surface area contributed by atoms with Gasteiger partial charge in [0.1, 0.15) is 5.82 Å². The van der Waals surface area contributed by atoms with Gasteiger partial charge < -0.3 is 20.3 Å². The number of morpholine rings is 1. The molecular formula is C17H21ClN4O5. The number of aromatic nitrogens is 2. The van der Waals surface area contributed by atoms with E-state index < -0.39 is 11.9 Å². The van der Waals surface area contributed by atoms with E-state index in [0.29, 0.717) is 5.02 Å². The smallest absolute Gasteiger partial charge is 0.414 e. The van der Waals surface area contributed by atoms with Crippen molar-refractivity contribution in [2.45, 2.75) is 0 Å². The average Bonchev–Trinajstić information content (AvgIpc) is 3.12. The van der Waals surface area contributed by atoms with Crippen molar-refractivity contribution >= 4 is 29.4 Å². The third-order valence-corrected chi connectivity index (χ3v) is 3.92. The maximum atomic E-state index is 9.10. The molecule has 0 spiro atoms. The number of hydrogen-bond acceptors (Lipinski definition) is 6. The van der Waals surface area contributed by atoms with Crippen molar-refractivity contribution in [3.63, 3.8) is 0 Å². The van der Waals surface area contributed by atoms with Gasteiger partial charge in [-0.2, -0.15) is 5.10 Å². The van der Waals surface area contributed by atoms with Crippen LogP contribution in [-0.4, -0.2) is 76.2 Å². The summed E-state index contributed by atoms with van der Waals surface area (Å²) in [7, 11) is 0. The van der Waals surface area contributed by atoms with Crippen LogP contribution in [0.5, 0.6) is 0 Å². The lowest BCUT2D eigenvalue weighted by atomic mass is 10.3. The standard InChI is InChI=1S/C15H19ClN4O.C2H2O4/c16-13-2-1-3-14(12-13)20-6-4-15(18-20)17-5-7-19-8-10-21-11-9-19;3-1(4)2(5)6/h1-4,6,12H,5,7-11H2,(H,17,18);(H,3,4)(H,5,6). The lowest BCUT2D eigenvalue weighted by Gasteiger charge is -2.26. The maximum absolute atomic E-state index is 9.10. The molecule has 0 amide bonds. The predicted octanol–water partition coefficient (Wildman–Crippen LogP) is 1.43. The third kappa shape index (κ3) is 7.26. The fraction of sp³-hybridized carbons (Fsp3) is 0.353. The molecule has 10 heteroatoms. The highest BCUT2D eigenvalue weighted by Gasteiger charge is 2.09. The molecule has 3 rings (SSSR count). The van der Waals surface area contributed by atoms with E-state index in [2.05, 4.69) is 15.3 Å². The molecule has 1 aromatic heterocycles. The van der Waals surface area contributed by atoms with Crippen LogP contribution in [0.1, 0.15) is 0 Å². The van der Waals surface area contributed by atoms with Crippen LogP contribution in [0.2, 0.25) is 5.02 Å². The molecular weight excluding hydrogens is 376 g/mol. The first kappa shape index (κ1) is 20.7. The number of rotatable bonds is 5. The molecule has 146 valence electrons. The van der Waals surface area contributed by atoms with Crippen LogP contribution in [0.15, 0.2) is 36.5 Å². The number of halogens is 1. The second-order valence-corrected chi connectivity index (χ2v) is 6.05. The molecule has 0 radical (unpaired) electrons. The summed E-state index contributed by atoms with van der Waals surface area (Å²) in [5.41, 5.74) is 0.962. The van der Waals surface area contributed by atoms with Gasteiger partial charge in [0.15, 0.2) is 0 Å². The van der Waals surface area contributed by atoms with Crippen molar-refractivity contribution in [2.75, 3.05) is 44.7 Å². The summed E-state index contributed by atoms with van der Waals surface area (Å²) >= 11 is 6.00. The highest BCUT2D eigenvalue weighted by molar-refractivity contribution is 6.30. The van der Waals surface area contributed by atoms with Gasteiger partial charge in [0.2, 0.25) is 0 Å². The molecule has 9 nitrogen and oxygen atoms in total. The number of nitrogens with zero attached hydrogens (tertiary/aromatic N) is 3. The number of hydrogen-bond donors (Lipinski definition) is 3. The lowest BCUT2D eigenvalue weighted by molar-refractivity contribution is -0.159. The van der Waals surface area contributed by atoms with E-state index in [1.807, 2.05) is 41.2 Å². The fourth-order valence-electron chi connectivity index (χ4n) is 2.35. The zero-order valence-electron chi connectivity index (χ0n) is 14.5. The lowest BCUT2D eigenvalue weighted by Crippen LogP contribution is -2.39. The Kier molecular flexibility index (Phi) is 8.05. The van der Waals surface area contributed by atoms with Crippen molar-refractivity contribution in [3.05, 3.63) is 41.6 Å². The van der Waals surface area contributed by atoms with Gasteiger partial charge in [-0.3, -0.25) is 4.90 Å². The highest BCUT2D eigenvalue weighted by Crippen LogP contribution is 2.15. The van der Waals surface area contributed by atoms with Gasteiger partial charge in [-0.1, -0.05) is 17.7 Å². The zero-order valence-corrected chi connectivity index (χ0v) is 15.3. The minimum Gasteiger partial charge on any atom is -0.473 e. The van der Waals surface area contributed by atoms with Crippen LogP contribution < -0.4 is 5.32 Å². The molecule has 2 aromatic rings. The van der Waals surface area contributed by atoms with E-state index in [0.717, 1.165) is 50.9 Å². The first-order valence-corrected chi connectivity index (χ1v) is 8.65. The van der Waals surface area contributed by atoms with Crippen LogP contribution in [0.4, 0.5) is 5.82 Å². The molecule has 1 saturated heterocycles. The summed E-state index contributed by atoms with van der Waals surface area (Å²) in [5.74, 6) is -2.77. The Hall–Kier alpha value is -2.62. The minimum atomic E-state index is -1.82. The van der Waals surface area contributed by atoms with Gasteiger partial charge in [0, 0.05) is 43.5 Å². The molecule has 1 fully saturated rings. The van der Waals surface area contributed by atoms with E-state index in [1.54, 1.807) is 0 Å². The van der Waals surface area contributed by atoms with Crippen LogP contribution in [0.25, 0.3) is 5.69 Å². The first-order chi connectivity index (χ1) is 13.0. The largest absolute Gasteiger partial charge is 0.473 e. The molecule has 1 aromatic carbocycles. The van der Waals surface area contributed by atoms with Crippen LogP contribution in [0.3, 0.4) is 0 Å². The molecule has 27 heavy (non-hydrogen) atoms. The number of carbonyl (C=O) groups is 2. The monoisotopic (exact) mass is 396 g/mol. The molecule has 0 unspecified atom stereocenters. The molecule has 2 heterocycles. The van der Waals surface area contributed by atoms with Crippen molar-refractivity contribution in [2.24, 2.45) is 0 Å². The number of anilines is 1. The SMILES string of the molecule is Clc1cccc(-n2ccc(NCCN3CCOCC3)n2)c1.O=C(O)C(=O)O. The van der Waals surface area contributed by atoms with E-state index in [9.17, 15) is 0 Å². The van der Waals surface area contributed by atoms with Gasteiger partial charge in [-0.25, -0.2) is 14.3 Å². The van der Waals surface area contributed by atoms with Gasteiger partial charge >= 0.3 is 11.9 Å². The Labute approximate surface area is 161 Å². The van der Waals surface area contributed by atoms with Crippen LogP contribution in [0, 0.1) is 0 Å². The summed E-state index contributed by atoms with van der Waals surface area (Å²) in [4.78, 5) is 20.6. The Bertz CT molecular complexity index is 749. The number of carboxylic acids is 2. The maximum Gasteiger partial charge on any atom is 0.414 e. The summed E-state index contributed by atoms with van der Waals surface area (Å²) in [6.45, 7) is 5.59. The molecule has 1 aliphatic rings. The molecule has 0 bridgehead atoms. The number of benzene rings is 1. The normalized spacial score (nSPS) is 14.1. The van der Waals surface area contributed by atoms with E-state index >= 15 is 0 Å².